The normalized spacial score (nSPS) is 11.3. The summed E-state index contributed by atoms with van der Waals surface area (Å²) in [6, 6.07) is 7.91. The van der Waals surface area contributed by atoms with Crippen LogP contribution in [0.4, 0.5) is 0 Å². The highest BCUT2D eigenvalue weighted by Gasteiger charge is 2.14. The summed E-state index contributed by atoms with van der Waals surface area (Å²) in [6.45, 7) is 3.34. The van der Waals surface area contributed by atoms with Crippen LogP contribution in [0.5, 0.6) is 0 Å². The first kappa shape index (κ1) is 17.6. The lowest BCUT2D eigenvalue weighted by Gasteiger charge is -2.07. The topological polar surface area (TPSA) is 73.2 Å². The number of nitrogens with zero attached hydrogens (tertiary/aromatic N) is 2. The van der Waals surface area contributed by atoms with Crippen molar-refractivity contribution in [3.8, 4) is 0 Å². The second-order valence-corrected chi connectivity index (χ2v) is 6.91. The molecule has 0 aliphatic heterocycles. The number of methoxy groups -OCH3 is 1. The molecule has 0 spiro atoms. The Kier molecular flexibility index (Phi) is 5.45. The Morgan fingerprint density at radius 1 is 1.36 bits per heavy atom. The van der Waals surface area contributed by atoms with E-state index in [1.165, 1.54) is 4.68 Å². The van der Waals surface area contributed by atoms with Gasteiger partial charge >= 0.3 is 0 Å². The molecule has 3 rings (SSSR count). The number of nitrogens with one attached hydrogen (secondary N) is 1. The van der Waals surface area contributed by atoms with Crippen LogP contribution >= 0.6 is 11.3 Å². The molecule has 0 saturated carbocycles. The fourth-order valence-corrected chi connectivity index (χ4v) is 3.97. The number of fused-ring (bicyclic) bond motifs is 3. The maximum atomic E-state index is 12.8. The van der Waals surface area contributed by atoms with E-state index in [4.69, 9.17) is 4.74 Å². The van der Waals surface area contributed by atoms with Gasteiger partial charge in [0.15, 0.2) is 0 Å². The highest BCUT2D eigenvalue weighted by atomic mass is 32.1. The van der Waals surface area contributed by atoms with Gasteiger partial charge in [-0.05, 0) is 19.4 Å². The van der Waals surface area contributed by atoms with E-state index in [2.05, 4.69) is 10.4 Å². The Balaban J connectivity index is 1.78. The van der Waals surface area contributed by atoms with Gasteiger partial charge in [0.2, 0.25) is 5.91 Å². The van der Waals surface area contributed by atoms with E-state index < -0.39 is 0 Å². The number of amides is 1. The lowest BCUT2D eigenvalue weighted by molar-refractivity contribution is -0.121. The van der Waals surface area contributed by atoms with Crippen LogP contribution < -0.4 is 10.9 Å². The Bertz CT molecular complexity index is 961. The van der Waals surface area contributed by atoms with Crippen molar-refractivity contribution in [2.75, 3.05) is 20.3 Å². The standard InChI is InChI=1S/C18H21N3O3S/c1-12-17-16(13-6-3-4-7-14(13)25-17)18(23)21(20-12)10-5-8-15(22)19-9-11-24-2/h3-4,6-7H,5,8-11H2,1-2H3,(H,19,22). The summed E-state index contributed by atoms with van der Waals surface area (Å²) in [4.78, 5) is 24.6. The number of hydrogen-bond acceptors (Lipinski definition) is 5. The molecule has 7 heteroatoms. The summed E-state index contributed by atoms with van der Waals surface area (Å²) in [5, 5.41) is 8.92. The number of aromatic nitrogens is 2. The lowest BCUT2D eigenvalue weighted by atomic mass is 10.2. The van der Waals surface area contributed by atoms with Crippen molar-refractivity contribution in [2.45, 2.75) is 26.3 Å². The Hall–Kier alpha value is -2.25. The van der Waals surface area contributed by atoms with Crippen LogP contribution in [0.15, 0.2) is 29.1 Å². The first-order valence-electron chi connectivity index (χ1n) is 8.26. The van der Waals surface area contributed by atoms with E-state index in [9.17, 15) is 9.59 Å². The molecule has 0 atom stereocenters. The average molecular weight is 359 g/mol. The molecule has 6 nitrogen and oxygen atoms in total. The summed E-state index contributed by atoms with van der Waals surface area (Å²) in [6.07, 6.45) is 0.929. The third-order valence-electron chi connectivity index (χ3n) is 4.05. The molecule has 0 unspecified atom stereocenters. The molecule has 0 aliphatic rings. The smallest absolute Gasteiger partial charge is 0.276 e. The molecule has 2 aromatic heterocycles. The van der Waals surface area contributed by atoms with Gasteiger partial charge in [0.1, 0.15) is 0 Å². The third kappa shape index (κ3) is 3.72. The predicted octanol–water partition coefficient (Wildman–Crippen LogP) is 2.46. The first-order chi connectivity index (χ1) is 12.1. The lowest BCUT2D eigenvalue weighted by Crippen LogP contribution is -2.28. The number of carbonyl (C=O) groups is 1. The summed E-state index contributed by atoms with van der Waals surface area (Å²) in [5.74, 6) is -0.0381. The molecular weight excluding hydrogens is 338 g/mol. The first-order valence-corrected chi connectivity index (χ1v) is 9.08. The maximum Gasteiger partial charge on any atom is 0.276 e. The zero-order chi connectivity index (χ0) is 17.8. The number of thiophene rings is 1. The molecule has 3 aromatic rings. The van der Waals surface area contributed by atoms with Crippen molar-refractivity contribution in [1.29, 1.82) is 0 Å². The largest absolute Gasteiger partial charge is 0.383 e. The number of aryl methyl sites for hydroxylation is 2. The van der Waals surface area contributed by atoms with Crippen LogP contribution in [-0.2, 0) is 16.1 Å². The van der Waals surface area contributed by atoms with Crippen LogP contribution in [0, 0.1) is 6.92 Å². The highest BCUT2D eigenvalue weighted by molar-refractivity contribution is 7.26. The fourth-order valence-electron chi connectivity index (χ4n) is 2.84. The summed E-state index contributed by atoms with van der Waals surface area (Å²) in [5.41, 5.74) is 0.762. The van der Waals surface area contributed by atoms with E-state index in [0.717, 1.165) is 25.9 Å². The van der Waals surface area contributed by atoms with E-state index in [1.54, 1.807) is 18.4 Å². The molecular formula is C18H21N3O3S. The number of rotatable bonds is 7. The van der Waals surface area contributed by atoms with Gasteiger partial charge in [0.25, 0.3) is 5.56 Å². The summed E-state index contributed by atoms with van der Waals surface area (Å²) in [7, 11) is 1.59. The van der Waals surface area contributed by atoms with Crippen molar-refractivity contribution >= 4 is 37.4 Å². The van der Waals surface area contributed by atoms with Crippen LogP contribution in [0.3, 0.4) is 0 Å². The molecule has 0 saturated heterocycles. The highest BCUT2D eigenvalue weighted by Crippen LogP contribution is 2.32. The number of benzene rings is 1. The number of ether oxygens (including phenoxy) is 1. The molecule has 25 heavy (non-hydrogen) atoms. The van der Waals surface area contributed by atoms with Gasteiger partial charge in [0.05, 0.1) is 22.4 Å². The quantitative estimate of drug-likeness (QED) is 0.658. The van der Waals surface area contributed by atoms with Crippen molar-refractivity contribution < 1.29 is 9.53 Å². The zero-order valence-electron chi connectivity index (χ0n) is 14.4. The van der Waals surface area contributed by atoms with Gasteiger partial charge in [-0.2, -0.15) is 5.10 Å². The molecule has 2 heterocycles. The van der Waals surface area contributed by atoms with E-state index in [0.29, 0.717) is 32.5 Å². The van der Waals surface area contributed by atoms with Crippen molar-refractivity contribution in [1.82, 2.24) is 15.1 Å². The molecule has 1 aromatic carbocycles. The van der Waals surface area contributed by atoms with Crippen LogP contribution in [0.1, 0.15) is 18.5 Å². The fraction of sp³-hybridized carbons (Fsp3) is 0.389. The molecule has 0 radical (unpaired) electrons. The van der Waals surface area contributed by atoms with Crippen molar-refractivity contribution in [3.05, 3.63) is 40.3 Å². The second-order valence-electron chi connectivity index (χ2n) is 5.86. The van der Waals surface area contributed by atoms with Gasteiger partial charge in [-0.1, -0.05) is 18.2 Å². The second kappa shape index (κ2) is 7.76. The molecule has 0 fully saturated rings. The average Bonchev–Trinajstić information content (AvgIpc) is 3.00. The van der Waals surface area contributed by atoms with E-state index >= 15 is 0 Å². The maximum absolute atomic E-state index is 12.8. The molecule has 132 valence electrons. The van der Waals surface area contributed by atoms with Crippen molar-refractivity contribution in [2.24, 2.45) is 0 Å². The van der Waals surface area contributed by atoms with E-state index in [1.807, 2.05) is 31.2 Å². The summed E-state index contributed by atoms with van der Waals surface area (Å²) < 4.78 is 8.42. The predicted molar refractivity (Wildman–Crippen MR) is 100 cm³/mol. The minimum Gasteiger partial charge on any atom is -0.383 e. The summed E-state index contributed by atoms with van der Waals surface area (Å²) >= 11 is 1.60. The SMILES string of the molecule is COCCNC(=O)CCCn1nc(C)c2sc3ccccc3c2c1=O. The molecule has 1 amide bonds. The van der Waals surface area contributed by atoms with Gasteiger partial charge in [-0.15, -0.1) is 11.3 Å². The van der Waals surface area contributed by atoms with Gasteiger partial charge in [0, 0.05) is 36.7 Å². The van der Waals surface area contributed by atoms with Crippen LogP contribution in [0.2, 0.25) is 0 Å². The van der Waals surface area contributed by atoms with Crippen LogP contribution in [0.25, 0.3) is 20.2 Å². The van der Waals surface area contributed by atoms with Gasteiger partial charge in [-0.25, -0.2) is 4.68 Å². The molecule has 1 N–H and O–H groups in total. The van der Waals surface area contributed by atoms with Gasteiger partial charge < -0.3 is 10.1 Å². The van der Waals surface area contributed by atoms with E-state index in [-0.39, 0.29) is 11.5 Å². The minimum atomic E-state index is -0.0853. The Morgan fingerprint density at radius 2 is 2.16 bits per heavy atom. The number of carbonyl (C=O) groups excluding carboxylic acids is 1. The van der Waals surface area contributed by atoms with Crippen LogP contribution in [-0.4, -0.2) is 35.9 Å². The minimum absolute atomic E-state index is 0.0381. The molecule has 0 aliphatic carbocycles. The monoisotopic (exact) mass is 359 g/mol. The Labute approximate surface area is 149 Å². The van der Waals surface area contributed by atoms with Crippen molar-refractivity contribution in [3.63, 3.8) is 0 Å². The number of hydrogen-bond donors (Lipinski definition) is 1. The Morgan fingerprint density at radius 3 is 2.96 bits per heavy atom. The third-order valence-corrected chi connectivity index (χ3v) is 5.32. The molecule has 0 bridgehead atoms. The zero-order valence-corrected chi connectivity index (χ0v) is 15.2. The van der Waals surface area contributed by atoms with Gasteiger partial charge in [-0.3, -0.25) is 9.59 Å².